The fraction of sp³-hybridized carbons (Fsp3) is 0.0811. The number of fused-ring (bicyclic) bond motifs is 4. The molecule has 0 fully saturated rings. The van der Waals surface area contributed by atoms with Crippen molar-refractivity contribution in [2.24, 2.45) is 0 Å². The van der Waals surface area contributed by atoms with E-state index in [1.807, 2.05) is 0 Å². The molecule has 0 aliphatic heterocycles. The molecule has 1 aliphatic rings. The monoisotopic (exact) mass is 472 g/mol. The van der Waals surface area contributed by atoms with E-state index in [1.165, 1.54) is 66.4 Å². The van der Waals surface area contributed by atoms with Crippen LogP contribution in [0.15, 0.2) is 133 Å². The van der Waals surface area contributed by atoms with Crippen LogP contribution in [0.1, 0.15) is 25.0 Å². The summed E-state index contributed by atoms with van der Waals surface area (Å²) in [6, 6.07) is 48.9. The van der Waals surface area contributed by atoms with E-state index in [0.717, 1.165) is 0 Å². The van der Waals surface area contributed by atoms with Crippen molar-refractivity contribution in [3.8, 4) is 44.5 Å². The summed E-state index contributed by atoms with van der Waals surface area (Å²) in [6.07, 6.45) is 0. The van der Waals surface area contributed by atoms with E-state index in [1.54, 1.807) is 0 Å². The van der Waals surface area contributed by atoms with Gasteiger partial charge in [-0.2, -0.15) is 0 Å². The highest BCUT2D eigenvalue weighted by Crippen LogP contribution is 2.51. The second kappa shape index (κ2) is 8.32. The lowest BCUT2D eigenvalue weighted by Crippen LogP contribution is -2.15. The maximum atomic E-state index is 2.44. The Hall–Kier alpha value is -4.42. The summed E-state index contributed by atoms with van der Waals surface area (Å²) < 4.78 is 0. The Kier molecular flexibility index (Phi) is 4.91. The molecule has 1 aliphatic carbocycles. The first kappa shape index (κ1) is 21.8. The predicted octanol–water partition coefficient (Wildman–Crippen LogP) is 10.1. The minimum Gasteiger partial charge on any atom is -0.0622 e. The molecule has 176 valence electrons. The summed E-state index contributed by atoms with van der Waals surface area (Å²) >= 11 is 0. The van der Waals surface area contributed by atoms with Gasteiger partial charge in [-0.05, 0) is 90.7 Å². The summed E-state index contributed by atoms with van der Waals surface area (Å²) in [6.45, 7) is 4.74. The van der Waals surface area contributed by atoms with Crippen LogP contribution >= 0.6 is 0 Å². The third-order valence-electron chi connectivity index (χ3n) is 8.06. The van der Waals surface area contributed by atoms with Crippen molar-refractivity contribution in [2.45, 2.75) is 19.3 Å². The van der Waals surface area contributed by atoms with Crippen molar-refractivity contribution in [1.82, 2.24) is 0 Å². The van der Waals surface area contributed by atoms with Crippen molar-refractivity contribution in [3.05, 3.63) is 145 Å². The van der Waals surface area contributed by atoms with E-state index in [9.17, 15) is 0 Å². The third kappa shape index (κ3) is 3.52. The topological polar surface area (TPSA) is 0 Å². The Morgan fingerprint density at radius 2 is 0.811 bits per heavy atom. The molecule has 0 bridgehead atoms. The first-order chi connectivity index (χ1) is 18.1. The Morgan fingerprint density at radius 3 is 1.41 bits per heavy atom. The zero-order valence-corrected chi connectivity index (χ0v) is 21.2. The summed E-state index contributed by atoms with van der Waals surface area (Å²) in [7, 11) is 0. The van der Waals surface area contributed by atoms with Crippen LogP contribution in [0.4, 0.5) is 0 Å². The van der Waals surface area contributed by atoms with Crippen molar-refractivity contribution < 1.29 is 0 Å². The van der Waals surface area contributed by atoms with Crippen LogP contribution < -0.4 is 0 Å². The van der Waals surface area contributed by atoms with Crippen LogP contribution in [0.5, 0.6) is 0 Å². The minimum absolute atomic E-state index is 0.0742. The Labute approximate surface area is 218 Å². The van der Waals surface area contributed by atoms with Crippen molar-refractivity contribution in [2.75, 3.05) is 0 Å². The summed E-state index contributed by atoms with van der Waals surface area (Å²) in [5, 5.41) is 2.54. The minimum atomic E-state index is -0.0742. The van der Waals surface area contributed by atoms with Crippen LogP contribution in [-0.2, 0) is 5.41 Å². The Bertz CT molecular complexity index is 1770. The summed E-state index contributed by atoms with van der Waals surface area (Å²) in [5.74, 6) is 0. The highest BCUT2D eigenvalue weighted by atomic mass is 14.4. The average molecular weight is 473 g/mol. The molecule has 0 aromatic heterocycles. The highest BCUT2D eigenvalue weighted by Gasteiger charge is 2.36. The van der Waals surface area contributed by atoms with Crippen molar-refractivity contribution in [1.29, 1.82) is 0 Å². The number of hydrogen-bond donors (Lipinski definition) is 0. The van der Waals surface area contributed by atoms with Crippen LogP contribution in [-0.4, -0.2) is 0 Å². The molecule has 0 saturated carbocycles. The molecule has 0 heteroatoms. The molecule has 0 unspecified atom stereocenters. The molecular weight excluding hydrogens is 444 g/mol. The summed E-state index contributed by atoms with van der Waals surface area (Å²) in [4.78, 5) is 0. The van der Waals surface area contributed by atoms with Gasteiger partial charge in [0.15, 0.2) is 0 Å². The van der Waals surface area contributed by atoms with Gasteiger partial charge in [0.05, 0.1) is 0 Å². The van der Waals surface area contributed by atoms with Gasteiger partial charge in [-0.25, -0.2) is 0 Å². The van der Waals surface area contributed by atoms with Gasteiger partial charge >= 0.3 is 0 Å². The van der Waals surface area contributed by atoms with E-state index in [-0.39, 0.29) is 5.41 Å². The molecule has 6 aromatic rings. The standard InChI is InChI=1S/C37H28/c1-37(2)35-23-29(25-11-5-3-6-12-25)17-19-31(35)32-20-18-30(24-36(32)37)34-22-28-16-10-9-15-27(28)21-33(34)26-13-7-4-8-14-26/h3-24H,1-2H3. The van der Waals surface area contributed by atoms with Gasteiger partial charge in [0, 0.05) is 5.41 Å². The fourth-order valence-corrected chi connectivity index (χ4v) is 6.05. The predicted molar refractivity (Wildman–Crippen MR) is 158 cm³/mol. The first-order valence-electron chi connectivity index (χ1n) is 13.0. The Balaban J connectivity index is 1.40. The zero-order chi connectivity index (χ0) is 25.0. The SMILES string of the molecule is CC1(C)c2cc(-c3ccccc3)ccc2-c2ccc(-c3cc4ccccc4cc3-c3ccccc3)cc21. The quantitative estimate of drug-likeness (QED) is 0.240. The third-order valence-corrected chi connectivity index (χ3v) is 8.06. The average Bonchev–Trinajstić information content (AvgIpc) is 3.18. The maximum Gasteiger partial charge on any atom is 0.0159 e. The molecule has 6 aromatic carbocycles. The van der Waals surface area contributed by atoms with Gasteiger partial charge in [-0.1, -0.05) is 123 Å². The molecule has 0 nitrogen and oxygen atoms in total. The normalized spacial score (nSPS) is 13.4. The lowest BCUT2D eigenvalue weighted by Gasteiger charge is -2.23. The molecule has 0 spiro atoms. The van der Waals surface area contributed by atoms with Crippen molar-refractivity contribution in [3.63, 3.8) is 0 Å². The van der Waals surface area contributed by atoms with Gasteiger partial charge in [-0.15, -0.1) is 0 Å². The first-order valence-corrected chi connectivity index (χ1v) is 13.0. The van der Waals surface area contributed by atoms with E-state index >= 15 is 0 Å². The largest absolute Gasteiger partial charge is 0.0622 e. The smallest absolute Gasteiger partial charge is 0.0159 e. The molecule has 7 rings (SSSR count). The molecular formula is C37H28. The van der Waals surface area contributed by atoms with Gasteiger partial charge in [0.25, 0.3) is 0 Å². The number of hydrogen-bond acceptors (Lipinski definition) is 0. The molecule has 0 heterocycles. The van der Waals surface area contributed by atoms with E-state index in [4.69, 9.17) is 0 Å². The van der Waals surface area contributed by atoms with Crippen LogP contribution in [0, 0.1) is 0 Å². The van der Waals surface area contributed by atoms with E-state index in [2.05, 4.69) is 147 Å². The van der Waals surface area contributed by atoms with Gasteiger partial charge in [0.2, 0.25) is 0 Å². The van der Waals surface area contributed by atoms with Gasteiger partial charge in [-0.3, -0.25) is 0 Å². The lowest BCUT2D eigenvalue weighted by molar-refractivity contribution is 0.661. The van der Waals surface area contributed by atoms with Gasteiger partial charge < -0.3 is 0 Å². The maximum absolute atomic E-state index is 2.44. The molecule has 0 N–H and O–H groups in total. The zero-order valence-electron chi connectivity index (χ0n) is 21.2. The number of benzene rings is 6. The lowest BCUT2D eigenvalue weighted by atomic mass is 9.80. The van der Waals surface area contributed by atoms with Crippen LogP contribution in [0.25, 0.3) is 55.3 Å². The molecule has 37 heavy (non-hydrogen) atoms. The molecule has 0 radical (unpaired) electrons. The highest BCUT2D eigenvalue weighted by molar-refractivity contribution is 5.97. The van der Waals surface area contributed by atoms with E-state index < -0.39 is 0 Å². The number of rotatable bonds is 3. The second-order valence-corrected chi connectivity index (χ2v) is 10.6. The second-order valence-electron chi connectivity index (χ2n) is 10.6. The van der Waals surface area contributed by atoms with Crippen molar-refractivity contribution >= 4 is 10.8 Å². The van der Waals surface area contributed by atoms with Gasteiger partial charge in [0.1, 0.15) is 0 Å². The Morgan fingerprint density at radius 1 is 0.351 bits per heavy atom. The molecule has 0 saturated heterocycles. The fourth-order valence-electron chi connectivity index (χ4n) is 6.05. The van der Waals surface area contributed by atoms with Crippen LogP contribution in [0.2, 0.25) is 0 Å². The van der Waals surface area contributed by atoms with Crippen LogP contribution in [0.3, 0.4) is 0 Å². The molecule has 0 amide bonds. The summed E-state index contributed by atoms with van der Waals surface area (Å²) in [5.41, 5.74) is 13.1. The van der Waals surface area contributed by atoms with E-state index in [0.29, 0.717) is 0 Å². The molecule has 0 atom stereocenters.